The van der Waals surface area contributed by atoms with Crippen molar-refractivity contribution in [2.45, 2.75) is 58.9 Å². The van der Waals surface area contributed by atoms with Crippen LogP contribution in [0, 0.1) is 17.8 Å². The van der Waals surface area contributed by atoms with E-state index in [1.165, 1.54) is 25.7 Å². The van der Waals surface area contributed by atoms with Gasteiger partial charge in [0, 0.05) is 6.54 Å². The van der Waals surface area contributed by atoms with Crippen molar-refractivity contribution in [3.63, 3.8) is 0 Å². The Kier molecular flexibility index (Phi) is 7.72. The Morgan fingerprint density at radius 3 is 2.33 bits per heavy atom. The van der Waals surface area contributed by atoms with Crippen molar-refractivity contribution in [1.29, 1.82) is 0 Å². The molecule has 0 saturated heterocycles. The summed E-state index contributed by atoms with van der Waals surface area (Å²) in [6.07, 6.45) is 6.20. The average Bonchev–Trinajstić information content (AvgIpc) is 2.46. The van der Waals surface area contributed by atoms with Crippen molar-refractivity contribution in [2.24, 2.45) is 23.5 Å². The molecular formula is C16H31N3O2. The lowest BCUT2D eigenvalue weighted by molar-refractivity contribution is -0.127. The second-order valence-corrected chi connectivity index (χ2v) is 6.75. The van der Waals surface area contributed by atoms with Gasteiger partial charge in [0.05, 0.1) is 12.6 Å². The molecule has 0 aromatic rings. The molecule has 122 valence electrons. The highest BCUT2D eigenvalue weighted by Crippen LogP contribution is 2.29. The molecule has 0 aromatic carbocycles. The van der Waals surface area contributed by atoms with E-state index in [1.54, 1.807) is 0 Å². The Bertz CT molecular complexity index is 336. The smallest absolute Gasteiger partial charge is 0.239 e. The van der Waals surface area contributed by atoms with Gasteiger partial charge in [0.15, 0.2) is 0 Å². The van der Waals surface area contributed by atoms with Crippen molar-refractivity contribution < 1.29 is 9.59 Å². The zero-order valence-corrected chi connectivity index (χ0v) is 13.7. The van der Waals surface area contributed by atoms with E-state index >= 15 is 0 Å². The first-order chi connectivity index (χ1) is 9.90. The van der Waals surface area contributed by atoms with Gasteiger partial charge in [-0.3, -0.25) is 9.59 Å². The number of hydrogen-bond donors (Lipinski definition) is 3. The Morgan fingerprint density at radius 1 is 1.14 bits per heavy atom. The van der Waals surface area contributed by atoms with E-state index in [0.717, 1.165) is 18.3 Å². The lowest BCUT2D eigenvalue weighted by Crippen LogP contribution is -2.47. The molecule has 1 rings (SSSR count). The maximum absolute atomic E-state index is 11.7. The summed E-state index contributed by atoms with van der Waals surface area (Å²) in [6.45, 7) is 6.79. The van der Waals surface area contributed by atoms with Gasteiger partial charge in [-0.1, -0.05) is 46.5 Å². The molecule has 5 heteroatoms. The maximum atomic E-state index is 11.7. The molecule has 0 aromatic heterocycles. The number of amides is 2. The van der Waals surface area contributed by atoms with E-state index < -0.39 is 6.04 Å². The predicted molar refractivity (Wildman–Crippen MR) is 84.6 cm³/mol. The number of carbonyl (C=O) groups excluding carboxylic acids is 2. The number of nitrogens with one attached hydrogen (secondary N) is 2. The van der Waals surface area contributed by atoms with E-state index in [4.69, 9.17) is 5.73 Å². The normalized spacial score (nSPS) is 23.7. The highest BCUT2D eigenvalue weighted by Gasteiger charge is 2.19. The largest absolute Gasteiger partial charge is 0.355 e. The topological polar surface area (TPSA) is 84.2 Å². The molecule has 0 heterocycles. The first-order valence-electron chi connectivity index (χ1n) is 8.20. The zero-order chi connectivity index (χ0) is 15.8. The fourth-order valence-electron chi connectivity index (χ4n) is 2.68. The Hall–Kier alpha value is -1.10. The lowest BCUT2D eigenvalue weighted by Gasteiger charge is -2.26. The van der Waals surface area contributed by atoms with Gasteiger partial charge >= 0.3 is 0 Å². The van der Waals surface area contributed by atoms with Crippen molar-refractivity contribution in [3.05, 3.63) is 0 Å². The lowest BCUT2D eigenvalue weighted by atomic mass is 9.81. The minimum Gasteiger partial charge on any atom is -0.355 e. The summed E-state index contributed by atoms with van der Waals surface area (Å²) in [5.41, 5.74) is 5.71. The fourth-order valence-corrected chi connectivity index (χ4v) is 2.68. The van der Waals surface area contributed by atoms with E-state index in [0.29, 0.717) is 6.54 Å². The van der Waals surface area contributed by atoms with Gasteiger partial charge in [-0.05, 0) is 24.2 Å². The van der Waals surface area contributed by atoms with Crippen LogP contribution in [0.1, 0.15) is 52.9 Å². The van der Waals surface area contributed by atoms with Crippen molar-refractivity contribution in [3.8, 4) is 0 Å². The molecule has 1 atom stereocenters. The second-order valence-electron chi connectivity index (χ2n) is 6.75. The van der Waals surface area contributed by atoms with E-state index in [1.807, 2.05) is 13.8 Å². The quantitative estimate of drug-likeness (QED) is 0.664. The molecule has 1 aliphatic carbocycles. The summed E-state index contributed by atoms with van der Waals surface area (Å²) in [5.74, 6) is 1.27. The summed E-state index contributed by atoms with van der Waals surface area (Å²) in [4.78, 5) is 23.3. The number of rotatable bonds is 7. The number of carbonyl (C=O) groups is 2. The SMILES string of the molecule is CC1CCC(CCNC(=O)CNC(=O)[C@@H](N)C(C)C)CC1. The van der Waals surface area contributed by atoms with Crippen LogP contribution in [-0.2, 0) is 9.59 Å². The highest BCUT2D eigenvalue weighted by molar-refractivity contribution is 5.87. The molecule has 0 aliphatic heterocycles. The van der Waals surface area contributed by atoms with Gasteiger partial charge in [-0.25, -0.2) is 0 Å². The van der Waals surface area contributed by atoms with Crippen LogP contribution in [0.2, 0.25) is 0 Å². The summed E-state index contributed by atoms with van der Waals surface area (Å²) >= 11 is 0. The molecule has 0 spiro atoms. The van der Waals surface area contributed by atoms with Crippen LogP contribution in [0.25, 0.3) is 0 Å². The fraction of sp³-hybridized carbons (Fsp3) is 0.875. The Labute approximate surface area is 128 Å². The van der Waals surface area contributed by atoms with Gasteiger partial charge in [-0.2, -0.15) is 0 Å². The van der Waals surface area contributed by atoms with Gasteiger partial charge in [0.2, 0.25) is 11.8 Å². The predicted octanol–water partition coefficient (Wildman–Crippen LogP) is 1.42. The number of hydrogen-bond acceptors (Lipinski definition) is 3. The second kappa shape index (κ2) is 9.03. The van der Waals surface area contributed by atoms with Crippen LogP contribution < -0.4 is 16.4 Å². The Balaban J connectivity index is 2.10. The minimum atomic E-state index is -0.554. The monoisotopic (exact) mass is 297 g/mol. The standard InChI is InChI=1S/C16H31N3O2/c1-11(2)15(17)16(21)19-10-14(20)18-9-8-13-6-4-12(3)5-7-13/h11-13,15H,4-10,17H2,1-3H3,(H,18,20)(H,19,21)/t12?,13?,15-/m0/s1. The third-order valence-corrected chi connectivity index (χ3v) is 4.45. The summed E-state index contributed by atoms with van der Waals surface area (Å²) in [7, 11) is 0. The summed E-state index contributed by atoms with van der Waals surface area (Å²) in [6, 6.07) is -0.554. The first kappa shape index (κ1) is 18.0. The third-order valence-electron chi connectivity index (χ3n) is 4.45. The maximum Gasteiger partial charge on any atom is 0.239 e. The van der Waals surface area contributed by atoms with Crippen LogP contribution in [0.4, 0.5) is 0 Å². The molecule has 21 heavy (non-hydrogen) atoms. The molecular weight excluding hydrogens is 266 g/mol. The molecule has 1 fully saturated rings. The summed E-state index contributed by atoms with van der Waals surface area (Å²) < 4.78 is 0. The number of nitrogens with two attached hydrogens (primary N) is 1. The van der Waals surface area contributed by atoms with Crippen LogP contribution in [0.5, 0.6) is 0 Å². The van der Waals surface area contributed by atoms with Crippen LogP contribution in [-0.4, -0.2) is 30.9 Å². The van der Waals surface area contributed by atoms with Crippen LogP contribution in [0.3, 0.4) is 0 Å². The molecule has 0 radical (unpaired) electrons. The molecule has 5 nitrogen and oxygen atoms in total. The molecule has 0 bridgehead atoms. The van der Waals surface area contributed by atoms with Gasteiger partial charge < -0.3 is 16.4 Å². The van der Waals surface area contributed by atoms with Crippen molar-refractivity contribution in [2.75, 3.05) is 13.1 Å². The van der Waals surface area contributed by atoms with E-state index in [2.05, 4.69) is 17.6 Å². The van der Waals surface area contributed by atoms with E-state index in [9.17, 15) is 9.59 Å². The zero-order valence-electron chi connectivity index (χ0n) is 13.7. The third kappa shape index (κ3) is 6.93. The van der Waals surface area contributed by atoms with Gasteiger partial charge in [0.1, 0.15) is 0 Å². The van der Waals surface area contributed by atoms with Gasteiger partial charge in [-0.15, -0.1) is 0 Å². The minimum absolute atomic E-state index is 0.0148. The molecule has 1 aliphatic rings. The van der Waals surface area contributed by atoms with E-state index in [-0.39, 0.29) is 24.3 Å². The van der Waals surface area contributed by atoms with Crippen LogP contribution in [0.15, 0.2) is 0 Å². The first-order valence-corrected chi connectivity index (χ1v) is 8.20. The molecule has 2 amide bonds. The van der Waals surface area contributed by atoms with Gasteiger partial charge in [0.25, 0.3) is 0 Å². The molecule has 1 saturated carbocycles. The highest BCUT2D eigenvalue weighted by atomic mass is 16.2. The van der Waals surface area contributed by atoms with Crippen molar-refractivity contribution >= 4 is 11.8 Å². The summed E-state index contributed by atoms with van der Waals surface area (Å²) in [5, 5.41) is 5.45. The average molecular weight is 297 g/mol. The van der Waals surface area contributed by atoms with Crippen LogP contribution >= 0.6 is 0 Å². The van der Waals surface area contributed by atoms with Crippen molar-refractivity contribution in [1.82, 2.24) is 10.6 Å². The molecule has 4 N–H and O–H groups in total. The molecule has 0 unspecified atom stereocenters. The Morgan fingerprint density at radius 2 is 1.76 bits per heavy atom.